The van der Waals surface area contributed by atoms with E-state index in [0.29, 0.717) is 48.9 Å². The molecule has 1 aliphatic heterocycles. The van der Waals surface area contributed by atoms with Crippen LogP contribution >= 0.6 is 0 Å². The molecule has 1 aliphatic rings. The van der Waals surface area contributed by atoms with Crippen molar-refractivity contribution in [3.63, 3.8) is 0 Å². The van der Waals surface area contributed by atoms with Crippen molar-refractivity contribution in [2.45, 2.75) is 33.6 Å². The van der Waals surface area contributed by atoms with Crippen molar-refractivity contribution in [2.24, 2.45) is 5.92 Å². The topological polar surface area (TPSA) is 78.7 Å². The number of rotatable bonds is 4. The molecule has 1 aromatic heterocycles. The van der Waals surface area contributed by atoms with E-state index >= 15 is 0 Å². The number of aromatic nitrogens is 1. The molecule has 0 spiro atoms. The maximum Gasteiger partial charge on any atom is 0.321 e. The molecule has 0 aliphatic carbocycles. The molecule has 2 aromatic rings. The number of hydrogen-bond acceptors (Lipinski definition) is 4. The van der Waals surface area contributed by atoms with Gasteiger partial charge in [0.25, 0.3) is 0 Å². The van der Waals surface area contributed by atoms with Crippen LogP contribution in [0.2, 0.25) is 0 Å². The largest absolute Gasteiger partial charge is 0.441 e. The second-order valence-electron chi connectivity index (χ2n) is 6.64. The van der Waals surface area contributed by atoms with Gasteiger partial charge in [-0.25, -0.2) is 9.78 Å². The quantitative estimate of drug-likeness (QED) is 0.910. The third-order valence-electron chi connectivity index (χ3n) is 4.88. The Morgan fingerprint density at radius 3 is 2.85 bits per heavy atom. The van der Waals surface area contributed by atoms with Gasteiger partial charge in [-0.2, -0.15) is 0 Å². The van der Waals surface area contributed by atoms with Gasteiger partial charge in [0.15, 0.2) is 11.5 Å². The number of amides is 3. The van der Waals surface area contributed by atoms with E-state index in [2.05, 4.69) is 10.3 Å². The van der Waals surface area contributed by atoms with Crippen LogP contribution in [0, 0.1) is 12.8 Å². The highest BCUT2D eigenvalue weighted by molar-refractivity contribution is 5.92. The lowest BCUT2D eigenvalue weighted by Crippen LogP contribution is -2.47. The predicted molar refractivity (Wildman–Crippen MR) is 100.0 cm³/mol. The minimum atomic E-state index is -0.179. The SMILES string of the molecule is CCN(CC)C(=O)[C@@H]1CCCN(C(=O)Nc2ccc3oc(C)nc3c2)C1. The molecule has 0 radical (unpaired) electrons. The Labute approximate surface area is 153 Å². The molecule has 7 nitrogen and oxygen atoms in total. The average molecular weight is 358 g/mol. The van der Waals surface area contributed by atoms with Gasteiger partial charge >= 0.3 is 6.03 Å². The van der Waals surface area contributed by atoms with Crippen LogP contribution in [0.15, 0.2) is 22.6 Å². The number of benzene rings is 1. The van der Waals surface area contributed by atoms with Gasteiger partial charge in [0, 0.05) is 38.8 Å². The highest BCUT2D eigenvalue weighted by atomic mass is 16.3. The molecule has 140 valence electrons. The van der Waals surface area contributed by atoms with Crippen molar-refractivity contribution in [3.8, 4) is 0 Å². The molecule has 26 heavy (non-hydrogen) atoms. The zero-order chi connectivity index (χ0) is 18.7. The van der Waals surface area contributed by atoms with Crippen molar-refractivity contribution in [1.29, 1.82) is 0 Å². The highest BCUT2D eigenvalue weighted by Gasteiger charge is 2.30. The number of hydrogen-bond donors (Lipinski definition) is 1. The molecule has 3 amide bonds. The van der Waals surface area contributed by atoms with Crippen molar-refractivity contribution < 1.29 is 14.0 Å². The van der Waals surface area contributed by atoms with E-state index < -0.39 is 0 Å². The molecule has 1 atom stereocenters. The fourth-order valence-corrected chi connectivity index (χ4v) is 3.48. The Kier molecular flexibility index (Phi) is 5.44. The van der Waals surface area contributed by atoms with Gasteiger partial charge in [-0.05, 0) is 44.9 Å². The van der Waals surface area contributed by atoms with E-state index in [-0.39, 0.29) is 17.9 Å². The number of nitrogens with zero attached hydrogens (tertiary/aromatic N) is 3. The minimum Gasteiger partial charge on any atom is -0.441 e. The van der Waals surface area contributed by atoms with E-state index in [1.165, 1.54) is 0 Å². The number of likely N-dealkylation sites (tertiary alicyclic amines) is 1. The Hall–Kier alpha value is -2.57. The summed E-state index contributed by atoms with van der Waals surface area (Å²) in [5.41, 5.74) is 2.09. The number of anilines is 1. The Balaban J connectivity index is 1.65. The fourth-order valence-electron chi connectivity index (χ4n) is 3.48. The first-order valence-corrected chi connectivity index (χ1v) is 9.23. The van der Waals surface area contributed by atoms with Crippen LogP contribution in [0.5, 0.6) is 0 Å². The summed E-state index contributed by atoms with van der Waals surface area (Å²) in [6, 6.07) is 5.22. The van der Waals surface area contributed by atoms with Crippen molar-refractivity contribution in [1.82, 2.24) is 14.8 Å². The summed E-state index contributed by atoms with van der Waals surface area (Å²) in [7, 11) is 0. The van der Waals surface area contributed by atoms with E-state index in [1.54, 1.807) is 30.0 Å². The molecular formula is C19H26N4O3. The summed E-state index contributed by atoms with van der Waals surface area (Å²) in [5.74, 6) is 0.624. The molecule has 1 N–H and O–H groups in total. The fraction of sp³-hybridized carbons (Fsp3) is 0.526. The first-order valence-electron chi connectivity index (χ1n) is 9.23. The van der Waals surface area contributed by atoms with Crippen LogP contribution in [0.1, 0.15) is 32.6 Å². The van der Waals surface area contributed by atoms with Gasteiger partial charge in [-0.15, -0.1) is 0 Å². The lowest BCUT2D eigenvalue weighted by atomic mass is 9.96. The number of carbonyl (C=O) groups excluding carboxylic acids is 2. The molecule has 1 fully saturated rings. The molecular weight excluding hydrogens is 332 g/mol. The van der Waals surface area contributed by atoms with Gasteiger partial charge in [0.05, 0.1) is 5.92 Å². The third-order valence-corrected chi connectivity index (χ3v) is 4.88. The molecule has 3 rings (SSSR count). The van der Waals surface area contributed by atoms with Gasteiger partial charge < -0.3 is 19.5 Å². The summed E-state index contributed by atoms with van der Waals surface area (Å²) in [6.07, 6.45) is 1.68. The van der Waals surface area contributed by atoms with Crippen LogP contribution < -0.4 is 5.32 Å². The van der Waals surface area contributed by atoms with E-state index in [0.717, 1.165) is 12.8 Å². The number of carbonyl (C=O) groups is 2. The molecule has 2 heterocycles. The van der Waals surface area contributed by atoms with Crippen LogP contribution in [0.3, 0.4) is 0 Å². The average Bonchev–Trinajstić information content (AvgIpc) is 3.02. The van der Waals surface area contributed by atoms with Gasteiger partial charge in [-0.1, -0.05) is 0 Å². The van der Waals surface area contributed by atoms with Crippen molar-refractivity contribution >= 4 is 28.7 Å². The monoisotopic (exact) mass is 358 g/mol. The maximum atomic E-state index is 12.6. The summed E-state index contributed by atoms with van der Waals surface area (Å²) >= 11 is 0. The number of piperidine rings is 1. The van der Waals surface area contributed by atoms with Crippen molar-refractivity contribution in [2.75, 3.05) is 31.5 Å². The lowest BCUT2D eigenvalue weighted by molar-refractivity contribution is -0.136. The highest BCUT2D eigenvalue weighted by Crippen LogP contribution is 2.22. The molecule has 1 saturated heterocycles. The Morgan fingerprint density at radius 1 is 1.35 bits per heavy atom. The molecule has 0 saturated carbocycles. The Morgan fingerprint density at radius 2 is 2.12 bits per heavy atom. The normalized spacial score (nSPS) is 17.3. The second-order valence-corrected chi connectivity index (χ2v) is 6.64. The minimum absolute atomic E-state index is 0.116. The first-order chi connectivity index (χ1) is 12.5. The van der Waals surface area contributed by atoms with Crippen molar-refractivity contribution in [3.05, 3.63) is 24.1 Å². The first kappa shape index (κ1) is 18.2. The number of oxazole rings is 1. The molecule has 0 unspecified atom stereocenters. The third kappa shape index (κ3) is 3.81. The van der Waals surface area contributed by atoms with E-state index in [9.17, 15) is 9.59 Å². The zero-order valence-electron chi connectivity index (χ0n) is 15.6. The molecule has 7 heteroatoms. The zero-order valence-corrected chi connectivity index (χ0v) is 15.6. The summed E-state index contributed by atoms with van der Waals surface area (Å²) in [5, 5.41) is 2.91. The number of aryl methyl sites for hydroxylation is 1. The van der Waals surface area contributed by atoms with Crippen LogP contribution in [0.4, 0.5) is 10.5 Å². The van der Waals surface area contributed by atoms with E-state index in [4.69, 9.17) is 4.42 Å². The van der Waals surface area contributed by atoms with Gasteiger partial charge in [0.2, 0.25) is 5.91 Å². The summed E-state index contributed by atoms with van der Waals surface area (Å²) in [6.45, 7) is 8.29. The predicted octanol–water partition coefficient (Wildman–Crippen LogP) is 3.25. The lowest BCUT2D eigenvalue weighted by Gasteiger charge is -2.34. The summed E-state index contributed by atoms with van der Waals surface area (Å²) < 4.78 is 5.45. The van der Waals surface area contributed by atoms with Gasteiger partial charge in [-0.3, -0.25) is 4.79 Å². The number of fused-ring (bicyclic) bond motifs is 1. The van der Waals surface area contributed by atoms with Crippen LogP contribution in [0.25, 0.3) is 11.1 Å². The van der Waals surface area contributed by atoms with Crippen LogP contribution in [-0.2, 0) is 4.79 Å². The van der Waals surface area contributed by atoms with Crippen LogP contribution in [-0.4, -0.2) is 52.9 Å². The summed E-state index contributed by atoms with van der Waals surface area (Å²) in [4.78, 5) is 33.1. The molecule has 0 bridgehead atoms. The number of urea groups is 1. The van der Waals surface area contributed by atoms with Gasteiger partial charge in [0.1, 0.15) is 5.52 Å². The second kappa shape index (κ2) is 7.76. The number of nitrogens with one attached hydrogen (secondary N) is 1. The molecule has 1 aromatic carbocycles. The Bertz CT molecular complexity index is 797. The maximum absolute atomic E-state index is 12.6. The van der Waals surface area contributed by atoms with E-state index in [1.807, 2.05) is 18.7 Å². The standard InChI is InChI=1S/C19H26N4O3/c1-4-22(5-2)18(24)14-7-6-10-23(12-14)19(25)21-15-8-9-17-16(11-15)20-13(3)26-17/h8-9,11,14H,4-7,10,12H2,1-3H3,(H,21,25)/t14-/m1/s1. The smallest absolute Gasteiger partial charge is 0.321 e.